The molecular formula is C27H21ClN2O4S. The third-order valence-corrected chi connectivity index (χ3v) is 7.02. The minimum Gasteiger partial charge on any atom is -0.507 e. The Balaban J connectivity index is 1.72. The van der Waals surface area contributed by atoms with Gasteiger partial charge in [0.05, 0.1) is 28.4 Å². The molecule has 1 aliphatic heterocycles. The summed E-state index contributed by atoms with van der Waals surface area (Å²) in [4.78, 5) is 32.7. The Morgan fingerprint density at radius 1 is 1.11 bits per heavy atom. The number of hydrogen-bond acceptors (Lipinski definition) is 6. The van der Waals surface area contributed by atoms with Crippen LogP contribution in [0.1, 0.15) is 29.7 Å². The quantitative estimate of drug-likeness (QED) is 0.196. The molecule has 0 spiro atoms. The van der Waals surface area contributed by atoms with Crippen molar-refractivity contribution in [2.75, 3.05) is 11.5 Å². The van der Waals surface area contributed by atoms with E-state index in [1.807, 2.05) is 32.0 Å². The minimum absolute atomic E-state index is 0.0265. The molecule has 0 bridgehead atoms. The second-order valence-electron chi connectivity index (χ2n) is 8.15. The summed E-state index contributed by atoms with van der Waals surface area (Å²) in [5.41, 5.74) is 2.74. The number of thiazole rings is 1. The number of ketones is 1. The predicted octanol–water partition coefficient (Wildman–Crippen LogP) is 6.28. The fourth-order valence-electron chi connectivity index (χ4n) is 4.20. The number of nitrogens with zero attached hydrogens (tertiary/aromatic N) is 2. The number of amides is 1. The monoisotopic (exact) mass is 504 g/mol. The largest absolute Gasteiger partial charge is 0.507 e. The average molecular weight is 505 g/mol. The van der Waals surface area contributed by atoms with Gasteiger partial charge in [0.25, 0.3) is 5.78 Å². The van der Waals surface area contributed by atoms with Crippen molar-refractivity contribution in [3.63, 3.8) is 0 Å². The normalized spacial score (nSPS) is 17.3. The highest BCUT2D eigenvalue weighted by molar-refractivity contribution is 7.22. The van der Waals surface area contributed by atoms with Crippen LogP contribution in [0, 0.1) is 6.92 Å². The first kappa shape index (κ1) is 23.1. The van der Waals surface area contributed by atoms with E-state index in [9.17, 15) is 14.7 Å². The average Bonchev–Trinajstić information content (AvgIpc) is 3.37. The number of benzene rings is 3. The van der Waals surface area contributed by atoms with Crippen molar-refractivity contribution in [2.24, 2.45) is 0 Å². The molecule has 5 rings (SSSR count). The van der Waals surface area contributed by atoms with Gasteiger partial charge in [-0.1, -0.05) is 53.3 Å². The molecular weight excluding hydrogens is 484 g/mol. The van der Waals surface area contributed by atoms with E-state index in [1.54, 1.807) is 48.5 Å². The van der Waals surface area contributed by atoms with Gasteiger partial charge in [-0.05, 0) is 61.4 Å². The van der Waals surface area contributed by atoms with Crippen LogP contribution in [0.2, 0.25) is 5.02 Å². The number of fused-ring (bicyclic) bond motifs is 1. The summed E-state index contributed by atoms with van der Waals surface area (Å²) >= 11 is 7.60. The summed E-state index contributed by atoms with van der Waals surface area (Å²) in [6, 6.07) is 18.6. The highest BCUT2D eigenvalue weighted by atomic mass is 35.5. The molecule has 1 aromatic heterocycles. The molecule has 3 aromatic carbocycles. The first-order chi connectivity index (χ1) is 16.9. The molecule has 1 N–H and O–H groups in total. The Bertz CT molecular complexity index is 1510. The lowest BCUT2D eigenvalue weighted by molar-refractivity contribution is -0.132. The van der Waals surface area contributed by atoms with Gasteiger partial charge in [-0.15, -0.1) is 0 Å². The molecule has 176 valence electrons. The zero-order valence-corrected chi connectivity index (χ0v) is 20.6. The van der Waals surface area contributed by atoms with Crippen LogP contribution in [-0.4, -0.2) is 28.4 Å². The fourth-order valence-corrected chi connectivity index (χ4v) is 5.49. The smallest absolute Gasteiger partial charge is 0.301 e. The maximum absolute atomic E-state index is 13.4. The molecule has 1 amide bonds. The maximum atomic E-state index is 13.4. The van der Waals surface area contributed by atoms with Gasteiger partial charge >= 0.3 is 5.91 Å². The highest BCUT2D eigenvalue weighted by Gasteiger charge is 2.48. The molecule has 35 heavy (non-hydrogen) atoms. The van der Waals surface area contributed by atoms with Crippen molar-refractivity contribution >= 4 is 55.7 Å². The molecule has 1 fully saturated rings. The number of aliphatic hydroxyl groups excluding tert-OH is 1. The number of anilines is 1. The zero-order chi connectivity index (χ0) is 24.7. The van der Waals surface area contributed by atoms with E-state index >= 15 is 0 Å². The van der Waals surface area contributed by atoms with Crippen LogP contribution < -0.4 is 9.64 Å². The second kappa shape index (κ2) is 9.17. The number of rotatable bonds is 5. The van der Waals surface area contributed by atoms with Gasteiger partial charge in [-0.25, -0.2) is 4.98 Å². The van der Waals surface area contributed by atoms with Crippen molar-refractivity contribution in [3.8, 4) is 5.75 Å². The summed E-state index contributed by atoms with van der Waals surface area (Å²) in [5.74, 6) is -1.28. The Morgan fingerprint density at radius 3 is 2.69 bits per heavy atom. The van der Waals surface area contributed by atoms with Gasteiger partial charge in [-0.2, -0.15) is 0 Å². The Labute approximate surface area is 211 Å². The Morgan fingerprint density at radius 2 is 1.91 bits per heavy atom. The van der Waals surface area contributed by atoms with Crippen molar-refractivity contribution in [2.45, 2.75) is 19.9 Å². The first-order valence-electron chi connectivity index (χ1n) is 11.0. The molecule has 1 aliphatic rings. The lowest BCUT2D eigenvalue weighted by Gasteiger charge is -2.23. The van der Waals surface area contributed by atoms with Crippen LogP contribution in [0.25, 0.3) is 16.0 Å². The maximum Gasteiger partial charge on any atom is 0.301 e. The summed E-state index contributed by atoms with van der Waals surface area (Å²) < 4.78 is 6.45. The lowest BCUT2D eigenvalue weighted by atomic mass is 9.95. The van der Waals surface area contributed by atoms with E-state index < -0.39 is 17.7 Å². The van der Waals surface area contributed by atoms with E-state index in [0.29, 0.717) is 33.6 Å². The number of Topliss-reactive ketones (excluding diaryl/α,β-unsaturated/α-hetero) is 1. The van der Waals surface area contributed by atoms with Crippen LogP contribution >= 0.6 is 22.9 Å². The van der Waals surface area contributed by atoms with Crippen LogP contribution in [0.5, 0.6) is 5.75 Å². The summed E-state index contributed by atoms with van der Waals surface area (Å²) in [6.45, 7) is 4.29. The van der Waals surface area contributed by atoms with E-state index in [0.717, 1.165) is 15.8 Å². The Kier molecular flexibility index (Phi) is 6.05. The highest BCUT2D eigenvalue weighted by Crippen LogP contribution is 2.44. The standard InChI is InChI=1S/C27H21ClN2O4S/c1-3-34-19-9-5-7-17(14-19)24(31)22-23(16-6-4-8-18(28)13-16)30(26(33)25(22)32)27-29-20-11-10-15(2)12-21(20)35-27/h4-14,23,31H,3H2,1-2H3. The van der Waals surface area contributed by atoms with Crippen molar-refractivity contribution < 1.29 is 19.4 Å². The number of aromatic nitrogens is 1. The molecule has 0 saturated carbocycles. The molecule has 1 unspecified atom stereocenters. The van der Waals surface area contributed by atoms with Gasteiger partial charge in [0.15, 0.2) is 5.13 Å². The fraction of sp³-hybridized carbons (Fsp3) is 0.148. The topological polar surface area (TPSA) is 79.7 Å². The summed E-state index contributed by atoms with van der Waals surface area (Å²) in [7, 11) is 0. The van der Waals surface area contributed by atoms with Crippen LogP contribution in [-0.2, 0) is 9.59 Å². The van der Waals surface area contributed by atoms with Crippen LogP contribution in [0.15, 0.2) is 72.3 Å². The predicted molar refractivity (Wildman–Crippen MR) is 138 cm³/mol. The molecule has 1 atom stereocenters. The number of carbonyl (C=O) groups excluding carboxylic acids is 2. The number of halogens is 1. The lowest BCUT2D eigenvalue weighted by Crippen LogP contribution is -2.29. The number of ether oxygens (including phenoxy) is 1. The molecule has 0 radical (unpaired) electrons. The second-order valence-corrected chi connectivity index (χ2v) is 9.60. The van der Waals surface area contributed by atoms with E-state index in [1.165, 1.54) is 16.2 Å². The van der Waals surface area contributed by atoms with E-state index in [-0.39, 0.29) is 11.3 Å². The van der Waals surface area contributed by atoms with Crippen LogP contribution in [0.4, 0.5) is 5.13 Å². The van der Waals surface area contributed by atoms with Gasteiger partial charge < -0.3 is 9.84 Å². The summed E-state index contributed by atoms with van der Waals surface area (Å²) in [6.07, 6.45) is 0. The third kappa shape index (κ3) is 4.17. The number of aliphatic hydroxyl groups is 1. The SMILES string of the molecule is CCOc1cccc(C(O)=C2C(=O)C(=O)N(c3nc4ccc(C)cc4s3)C2c2cccc(Cl)c2)c1. The molecule has 8 heteroatoms. The first-order valence-corrected chi connectivity index (χ1v) is 12.2. The van der Waals surface area contributed by atoms with Crippen LogP contribution in [0.3, 0.4) is 0 Å². The van der Waals surface area contributed by atoms with Gasteiger partial charge in [0, 0.05) is 10.6 Å². The Hall–Kier alpha value is -3.68. The van der Waals surface area contributed by atoms with E-state index in [2.05, 4.69) is 4.98 Å². The molecule has 4 aromatic rings. The van der Waals surface area contributed by atoms with E-state index in [4.69, 9.17) is 16.3 Å². The number of hydrogen-bond donors (Lipinski definition) is 1. The molecule has 2 heterocycles. The molecule has 1 saturated heterocycles. The van der Waals surface area contributed by atoms with Crippen molar-refractivity contribution in [1.29, 1.82) is 0 Å². The van der Waals surface area contributed by atoms with Crippen molar-refractivity contribution in [1.82, 2.24) is 4.98 Å². The molecule has 0 aliphatic carbocycles. The zero-order valence-electron chi connectivity index (χ0n) is 19.0. The van der Waals surface area contributed by atoms with Gasteiger partial charge in [0.1, 0.15) is 11.5 Å². The minimum atomic E-state index is -0.897. The summed E-state index contributed by atoms with van der Waals surface area (Å²) in [5, 5.41) is 12.1. The van der Waals surface area contributed by atoms with Gasteiger partial charge in [0.2, 0.25) is 0 Å². The molecule has 6 nitrogen and oxygen atoms in total. The number of aryl methyl sites for hydroxylation is 1. The number of carbonyl (C=O) groups is 2. The van der Waals surface area contributed by atoms with Crippen molar-refractivity contribution in [3.05, 3.63) is 94.0 Å². The van der Waals surface area contributed by atoms with Gasteiger partial charge in [-0.3, -0.25) is 14.5 Å². The third-order valence-electron chi connectivity index (χ3n) is 5.77.